The molecule has 0 fully saturated rings. The van der Waals surface area contributed by atoms with Gasteiger partial charge in [0.05, 0.1) is 11.1 Å². The summed E-state index contributed by atoms with van der Waals surface area (Å²) in [5, 5.41) is 4.11. The summed E-state index contributed by atoms with van der Waals surface area (Å²) in [4.78, 5) is 15.3. The van der Waals surface area contributed by atoms with Crippen LogP contribution in [0.5, 0.6) is 0 Å². The molecular weight excluding hydrogens is 260 g/mol. The lowest BCUT2D eigenvalue weighted by Gasteiger charge is -2.12. The van der Waals surface area contributed by atoms with Gasteiger partial charge in [-0.05, 0) is 18.2 Å². The van der Waals surface area contributed by atoms with Gasteiger partial charge in [0, 0.05) is 43.5 Å². The monoisotopic (exact) mass is 276 g/mol. The molecule has 0 bridgehead atoms. The molecular formula is C13H16N4OS. The van der Waals surface area contributed by atoms with Gasteiger partial charge in [0.25, 0.3) is 5.91 Å². The van der Waals surface area contributed by atoms with E-state index in [1.54, 1.807) is 42.0 Å². The van der Waals surface area contributed by atoms with Crippen molar-refractivity contribution in [3.63, 3.8) is 0 Å². The number of aromatic nitrogens is 2. The number of amides is 1. The summed E-state index contributed by atoms with van der Waals surface area (Å²) >= 11 is 1.50. The molecule has 1 amide bonds. The molecule has 1 heterocycles. The average Bonchev–Trinajstić information content (AvgIpc) is 2.76. The third-order valence-electron chi connectivity index (χ3n) is 2.58. The minimum atomic E-state index is -0.0342. The van der Waals surface area contributed by atoms with Crippen molar-refractivity contribution in [2.24, 2.45) is 7.05 Å². The first-order valence-corrected chi connectivity index (χ1v) is 6.56. The maximum atomic E-state index is 11.9. The molecule has 0 aliphatic rings. The van der Waals surface area contributed by atoms with E-state index in [9.17, 15) is 4.79 Å². The highest BCUT2D eigenvalue weighted by Gasteiger charge is 2.11. The van der Waals surface area contributed by atoms with Gasteiger partial charge in [-0.15, -0.1) is 0 Å². The second kappa shape index (κ2) is 5.36. The normalized spacial score (nSPS) is 10.5. The van der Waals surface area contributed by atoms with Crippen molar-refractivity contribution in [1.29, 1.82) is 0 Å². The number of carbonyl (C=O) groups excluding carboxylic acids is 1. The fourth-order valence-electron chi connectivity index (χ4n) is 1.59. The topological polar surface area (TPSA) is 64.2 Å². The van der Waals surface area contributed by atoms with Crippen molar-refractivity contribution in [1.82, 2.24) is 14.7 Å². The van der Waals surface area contributed by atoms with E-state index in [0.717, 1.165) is 9.79 Å². The lowest BCUT2D eigenvalue weighted by Crippen LogP contribution is -2.21. The highest BCUT2D eigenvalue weighted by atomic mass is 32.2. The molecule has 1 aromatic carbocycles. The van der Waals surface area contributed by atoms with Crippen LogP contribution in [0.1, 0.15) is 10.4 Å². The van der Waals surface area contributed by atoms with E-state index in [1.807, 2.05) is 19.3 Å². The van der Waals surface area contributed by atoms with Gasteiger partial charge in [-0.1, -0.05) is 11.8 Å². The molecule has 0 atom stereocenters. The van der Waals surface area contributed by atoms with E-state index in [1.165, 1.54) is 11.8 Å². The van der Waals surface area contributed by atoms with Crippen molar-refractivity contribution in [2.45, 2.75) is 9.79 Å². The van der Waals surface area contributed by atoms with Crippen molar-refractivity contribution >= 4 is 23.4 Å². The minimum absolute atomic E-state index is 0.0342. The Morgan fingerprint density at radius 2 is 2.16 bits per heavy atom. The quantitative estimate of drug-likeness (QED) is 0.869. The van der Waals surface area contributed by atoms with Crippen molar-refractivity contribution in [3.05, 3.63) is 36.2 Å². The second-order valence-corrected chi connectivity index (χ2v) is 5.52. The predicted octanol–water partition coefficient (Wildman–Crippen LogP) is 1.86. The maximum absolute atomic E-state index is 11.9. The first kappa shape index (κ1) is 13.5. The van der Waals surface area contributed by atoms with Crippen LogP contribution >= 0.6 is 11.8 Å². The molecule has 0 saturated heterocycles. The van der Waals surface area contributed by atoms with Gasteiger partial charge in [0.1, 0.15) is 0 Å². The summed E-state index contributed by atoms with van der Waals surface area (Å²) in [5.74, 6) is -0.0342. The number of nitrogens with two attached hydrogens (primary N) is 1. The molecule has 0 spiro atoms. The Kier molecular flexibility index (Phi) is 3.80. The first-order valence-electron chi connectivity index (χ1n) is 5.75. The Hall–Kier alpha value is -1.95. The number of aryl methyl sites for hydroxylation is 1. The highest BCUT2D eigenvalue weighted by Crippen LogP contribution is 2.32. The van der Waals surface area contributed by atoms with Crippen LogP contribution in [0.4, 0.5) is 5.69 Å². The SMILES string of the molecule is CN(C)C(=O)c1ccc(N)c(Sc2cnn(C)c2)c1. The first-order chi connectivity index (χ1) is 8.97. The highest BCUT2D eigenvalue weighted by molar-refractivity contribution is 7.99. The molecule has 0 aliphatic heterocycles. The van der Waals surface area contributed by atoms with Crippen LogP contribution in [0.3, 0.4) is 0 Å². The summed E-state index contributed by atoms with van der Waals surface area (Å²) in [6.45, 7) is 0. The van der Waals surface area contributed by atoms with Crippen LogP contribution < -0.4 is 5.73 Å². The Labute approximate surface area is 116 Å². The van der Waals surface area contributed by atoms with Crippen molar-refractivity contribution in [3.8, 4) is 0 Å². The van der Waals surface area contributed by atoms with Crippen LogP contribution in [-0.4, -0.2) is 34.7 Å². The zero-order chi connectivity index (χ0) is 14.0. The number of anilines is 1. The van der Waals surface area contributed by atoms with Crippen molar-refractivity contribution in [2.75, 3.05) is 19.8 Å². The molecule has 6 heteroatoms. The van der Waals surface area contributed by atoms with E-state index in [-0.39, 0.29) is 5.91 Å². The molecule has 2 aromatic rings. The Morgan fingerprint density at radius 1 is 1.42 bits per heavy atom. The lowest BCUT2D eigenvalue weighted by molar-refractivity contribution is 0.0827. The van der Waals surface area contributed by atoms with Gasteiger partial charge in [-0.25, -0.2) is 0 Å². The standard InChI is InChI=1S/C13H16N4OS/c1-16(2)13(18)9-4-5-11(14)12(6-9)19-10-7-15-17(3)8-10/h4-8H,14H2,1-3H3. The van der Waals surface area contributed by atoms with Crippen LogP contribution in [-0.2, 0) is 7.05 Å². The van der Waals surface area contributed by atoms with Crippen LogP contribution in [0.2, 0.25) is 0 Å². The fraction of sp³-hybridized carbons (Fsp3) is 0.231. The molecule has 5 nitrogen and oxygen atoms in total. The molecule has 0 saturated carbocycles. The summed E-state index contributed by atoms with van der Waals surface area (Å²) in [6, 6.07) is 5.32. The van der Waals surface area contributed by atoms with Gasteiger partial charge in [-0.2, -0.15) is 5.10 Å². The molecule has 0 unspecified atom stereocenters. The summed E-state index contributed by atoms with van der Waals surface area (Å²) in [5.41, 5.74) is 7.23. The molecule has 0 aliphatic carbocycles. The molecule has 19 heavy (non-hydrogen) atoms. The molecule has 1 aromatic heterocycles. The van der Waals surface area contributed by atoms with Crippen LogP contribution in [0, 0.1) is 0 Å². The molecule has 2 rings (SSSR count). The maximum Gasteiger partial charge on any atom is 0.253 e. The number of benzene rings is 1. The molecule has 2 N–H and O–H groups in total. The fourth-order valence-corrected chi connectivity index (χ4v) is 2.52. The number of hydrogen-bond acceptors (Lipinski definition) is 4. The number of nitrogen functional groups attached to an aromatic ring is 1. The second-order valence-electron chi connectivity index (χ2n) is 4.40. The summed E-state index contributed by atoms with van der Waals surface area (Å²) in [6.07, 6.45) is 3.68. The van der Waals surface area contributed by atoms with Crippen LogP contribution in [0.15, 0.2) is 40.4 Å². The molecule has 0 radical (unpaired) electrons. The van der Waals surface area contributed by atoms with Crippen molar-refractivity contribution < 1.29 is 4.79 Å². The van der Waals surface area contributed by atoms with Gasteiger partial charge in [0.2, 0.25) is 0 Å². The van der Waals surface area contributed by atoms with Gasteiger partial charge in [-0.3, -0.25) is 9.48 Å². The lowest BCUT2D eigenvalue weighted by atomic mass is 10.2. The largest absolute Gasteiger partial charge is 0.398 e. The Morgan fingerprint density at radius 3 is 2.74 bits per heavy atom. The van der Waals surface area contributed by atoms with E-state index >= 15 is 0 Å². The van der Waals surface area contributed by atoms with E-state index < -0.39 is 0 Å². The van der Waals surface area contributed by atoms with E-state index in [4.69, 9.17) is 5.73 Å². The average molecular weight is 276 g/mol. The number of rotatable bonds is 3. The third-order valence-corrected chi connectivity index (χ3v) is 3.60. The smallest absolute Gasteiger partial charge is 0.253 e. The van der Waals surface area contributed by atoms with Gasteiger partial charge < -0.3 is 10.6 Å². The van der Waals surface area contributed by atoms with E-state index in [2.05, 4.69) is 5.10 Å². The Balaban J connectivity index is 2.29. The zero-order valence-electron chi connectivity index (χ0n) is 11.1. The molecule has 100 valence electrons. The third kappa shape index (κ3) is 3.08. The summed E-state index contributed by atoms with van der Waals surface area (Å²) in [7, 11) is 5.32. The van der Waals surface area contributed by atoms with Gasteiger partial charge in [0.15, 0.2) is 0 Å². The minimum Gasteiger partial charge on any atom is -0.398 e. The summed E-state index contributed by atoms with van der Waals surface area (Å²) < 4.78 is 1.73. The predicted molar refractivity (Wildman–Crippen MR) is 76.2 cm³/mol. The van der Waals surface area contributed by atoms with Crippen LogP contribution in [0.25, 0.3) is 0 Å². The Bertz CT molecular complexity index is 606. The van der Waals surface area contributed by atoms with Gasteiger partial charge >= 0.3 is 0 Å². The number of hydrogen-bond donors (Lipinski definition) is 1. The number of nitrogens with zero attached hydrogens (tertiary/aromatic N) is 3. The van der Waals surface area contributed by atoms with E-state index in [0.29, 0.717) is 11.3 Å². The number of carbonyl (C=O) groups is 1. The zero-order valence-corrected chi connectivity index (χ0v) is 11.9.